The summed E-state index contributed by atoms with van der Waals surface area (Å²) in [5, 5.41) is 15.2. The van der Waals surface area contributed by atoms with Gasteiger partial charge >= 0.3 is 5.97 Å². The highest BCUT2D eigenvalue weighted by Gasteiger charge is 2.18. The fourth-order valence-corrected chi connectivity index (χ4v) is 1.98. The van der Waals surface area contributed by atoms with Gasteiger partial charge in [0.25, 0.3) is 5.69 Å². The van der Waals surface area contributed by atoms with Gasteiger partial charge in [0.2, 0.25) is 0 Å². The molecule has 8 nitrogen and oxygen atoms in total. The zero-order valence-corrected chi connectivity index (χ0v) is 13.8. The van der Waals surface area contributed by atoms with Gasteiger partial charge < -0.3 is 9.47 Å². The molecule has 1 N–H and O–H groups in total. The van der Waals surface area contributed by atoms with Gasteiger partial charge in [-0.15, -0.1) is 0 Å². The second-order valence-corrected chi connectivity index (χ2v) is 4.85. The number of hydrogen-bond donors (Lipinski definition) is 1. The van der Waals surface area contributed by atoms with Crippen molar-refractivity contribution in [3.8, 4) is 5.75 Å². The summed E-state index contributed by atoms with van der Waals surface area (Å²) in [6.07, 6.45) is 1.52. The van der Waals surface area contributed by atoms with E-state index in [1.807, 2.05) is 0 Å². The van der Waals surface area contributed by atoms with Crippen LogP contribution in [0.5, 0.6) is 5.75 Å². The Morgan fingerprint density at radius 1 is 1.28 bits per heavy atom. The number of nitro benzene ring substituents is 1. The van der Waals surface area contributed by atoms with Crippen LogP contribution in [0.3, 0.4) is 0 Å². The van der Waals surface area contributed by atoms with Crippen molar-refractivity contribution in [3.63, 3.8) is 0 Å². The molecule has 0 spiro atoms. The summed E-state index contributed by atoms with van der Waals surface area (Å²) in [5.41, 5.74) is 3.42. The van der Waals surface area contributed by atoms with E-state index in [0.717, 1.165) is 17.4 Å². The lowest BCUT2D eigenvalue weighted by Crippen LogP contribution is -2.06. The molecule has 0 atom stereocenters. The van der Waals surface area contributed by atoms with Crippen molar-refractivity contribution in [2.45, 2.75) is 6.92 Å². The molecule has 8 heteroatoms. The van der Waals surface area contributed by atoms with Gasteiger partial charge in [0.15, 0.2) is 0 Å². The third-order valence-electron chi connectivity index (χ3n) is 3.22. The first-order valence-electron chi connectivity index (χ1n) is 7.44. The first kappa shape index (κ1) is 17.9. The van der Waals surface area contributed by atoms with Crippen LogP contribution >= 0.6 is 0 Å². The normalized spacial score (nSPS) is 10.5. The number of rotatable bonds is 7. The number of anilines is 1. The summed E-state index contributed by atoms with van der Waals surface area (Å²) in [6.45, 7) is 1.86. The highest BCUT2D eigenvalue weighted by Crippen LogP contribution is 2.26. The van der Waals surface area contributed by atoms with Gasteiger partial charge in [-0.05, 0) is 48.9 Å². The number of nitro groups is 1. The fourth-order valence-electron chi connectivity index (χ4n) is 1.98. The van der Waals surface area contributed by atoms with Crippen molar-refractivity contribution < 1.29 is 19.2 Å². The van der Waals surface area contributed by atoms with Crippen LogP contribution in [-0.4, -0.2) is 30.8 Å². The van der Waals surface area contributed by atoms with E-state index in [4.69, 9.17) is 9.47 Å². The molecule has 0 aromatic heterocycles. The molecule has 0 unspecified atom stereocenters. The van der Waals surface area contributed by atoms with E-state index in [1.54, 1.807) is 38.3 Å². The third-order valence-corrected chi connectivity index (χ3v) is 3.22. The van der Waals surface area contributed by atoms with Crippen LogP contribution < -0.4 is 10.2 Å². The number of ether oxygens (including phenoxy) is 2. The first-order chi connectivity index (χ1) is 12.0. The standard InChI is InChI=1S/C17H17N3O5/c1-3-25-17(21)13-6-9-15(16(10-13)20(22)23)19-18-11-12-4-7-14(24-2)8-5-12/h4-11,19H,3H2,1-2H3. The Balaban J connectivity index is 2.16. The van der Waals surface area contributed by atoms with Gasteiger partial charge in [-0.1, -0.05) is 0 Å². The molecule has 25 heavy (non-hydrogen) atoms. The summed E-state index contributed by atoms with van der Waals surface area (Å²) in [4.78, 5) is 22.3. The number of esters is 1. The predicted molar refractivity (Wildman–Crippen MR) is 93.3 cm³/mol. The topological polar surface area (TPSA) is 103 Å². The minimum absolute atomic E-state index is 0.109. The van der Waals surface area contributed by atoms with Crippen LogP contribution in [0, 0.1) is 10.1 Å². The zero-order valence-electron chi connectivity index (χ0n) is 13.8. The number of benzene rings is 2. The number of methoxy groups -OCH3 is 1. The Hall–Kier alpha value is -3.42. The summed E-state index contributed by atoms with van der Waals surface area (Å²) < 4.78 is 9.90. The maximum atomic E-state index is 11.7. The van der Waals surface area contributed by atoms with Gasteiger partial charge in [-0.3, -0.25) is 15.5 Å². The smallest absolute Gasteiger partial charge is 0.338 e. The third kappa shape index (κ3) is 4.77. The molecule has 0 aliphatic carbocycles. The Morgan fingerprint density at radius 2 is 2.00 bits per heavy atom. The molecule has 130 valence electrons. The maximum Gasteiger partial charge on any atom is 0.338 e. The van der Waals surface area contributed by atoms with Crippen molar-refractivity contribution in [2.24, 2.45) is 5.10 Å². The number of carbonyl (C=O) groups excluding carboxylic acids is 1. The molecule has 0 aliphatic heterocycles. The lowest BCUT2D eigenvalue weighted by atomic mass is 10.2. The van der Waals surface area contributed by atoms with Gasteiger partial charge in [0, 0.05) is 6.07 Å². The molecule has 0 saturated heterocycles. The van der Waals surface area contributed by atoms with Crippen molar-refractivity contribution in [3.05, 3.63) is 63.7 Å². The van der Waals surface area contributed by atoms with Gasteiger partial charge in [-0.25, -0.2) is 4.79 Å². The quantitative estimate of drug-likeness (QED) is 0.358. The van der Waals surface area contributed by atoms with Gasteiger partial charge in [-0.2, -0.15) is 5.10 Å². The molecule has 0 fully saturated rings. The number of nitrogens with one attached hydrogen (secondary N) is 1. The molecule has 0 saturated carbocycles. The van der Waals surface area contributed by atoms with E-state index in [2.05, 4.69) is 10.5 Å². The lowest BCUT2D eigenvalue weighted by Gasteiger charge is -2.05. The van der Waals surface area contributed by atoms with E-state index in [9.17, 15) is 14.9 Å². The highest BCUT2D eigenvalue weighted by molar-refractivity contribution is 5.91. The second kappa shape index (κ2) is 8.44. The molecular weight excluding hydrogens is 326 g/mol. The zero-order chi connectivity index (χ0) is 18.2. The van der Waals surface area contributed by atoms with Crippen molar-refractivity contribution in [2.75, 3.05) is 19.1 Å². The van der Waals surface area contributed by atoms with Crippen LogP contribution in [-0.2, 0) is 4.74 Å². The first-order valence-corrected chi connectivity index (χ1v) is 7.44. The summed E-state index contributed by atoms with van der Waals surface area (Å²) in [6, 6.07) is 11.1. The van der Waals surface area contributed by atoms with Crippen LogP contribution in [0.4, 0.5) is 11.4 Å². The molecule has 0 radical (unpaired) electrons. The molecule has 2 aromatic carbocycles. The SMILES string of the molecule is CCOC(=O)c1ccc(NN=Cc2ccc(OC)cc2)c([N+](=O)[O-])c1. The number of hydrazone groups is 1. The van der Waals surface area contributed by atoms with E-state index < -0.39 is 10.9 Å². The average Bonchev–Trinajstić information content (AvgIpc) is 2.62. The van der Waals surface area contributed by atoms with Gasteiger partial charge in [0.05, 0.1) is 30.4 Å². The van der Waals surface area contributed by atoms with Crippen molar-refractivity contribution >= 4 is 23.6 Å². The minimum atomic E-state index is -0.612. The highest BCUT2D eigenvalue weighted by atomic mass is 16.6. The van der Waals surface area contributed by atoms with E-state index in [1.165, 1.54) is 18.3 Å². The largest absolute Gasteiger partial charge is 0.497 e. The lowest BCUT2D eigenvalue weighted by molar-refractivity contribution is -0.384. The Bertz CT molecular complexity index is 787. The molecule has 0 heterocycles. The monoisotopic (exact) mass is 343 g/mol. The molecule has 0 aliphatic rings. The average molecular weight is 343 g/mol. The Kier molecular flexibility index (Phi) is 6.05. The van der Waals surface area contributed by atoms with Crippen LogP contribution in [0.1, 0.15) is 22.8 Å². The van der Waals surface area contributed by atoms with Gasteiger partial charge in [0.1, 0.15) is 11.4 Å². The second-order valence-electron chi connectivity index (χ2n) is 4.85. The van der Waals surface area contributed by atoms with E-state index >= 15 is 0 Å². The molecule has 2 rings (SSSR count). The van der Waals surface area contributed by atoms with E-state index in [-0.39, 0.29) is 23.5 Å². The number of hydrogen-bond acceptors (Lipinski definition) is 7. The minimum Gasteiger partial charge on any atom is -0.497 e. The van der Waals surface area contributed by atoms with Crippen LogP contribution in [0.25, 0.3) is 0 Å². The van der Waals surface area contributed by atoms with E-state index in [0.29, 0.717) is 0 Å². The number of carbonyl (C=O) groups is 1. The van der Waals surface area contributed by atoms with Crippen molar-refractivity contribution in [1.29, 1.82) is 0 Å². The molecule has 0 bridgehead atoms. The summed E-state index contributed by atoms with van der Waals surface area (Å²) in [5.74, 6) is 0.106. The van der Waals surface area contributed by atoms with Crippen LogP contribution in [0.15, 0.2) is 47.6 Å². The van der Waals surface area contributed by atoms with Crippen LogP contribution in [0.2, 0.25) is 0 Å². The Morgan fingerprint density at radius 3 is 2.60 bits per heavy atom. The fraction of sp³-hybridized carbons (Fsp3) is 0.176. The summed E-state index contributed by atoms with van der Waals surface area (Å²) in [7, 11) is 1.57. The molecule has 2 aromatic rings. The molecular formula is C17H17N3O5. The molecule has 0 amide bonds. The maximum absolute atomic E-state index is 11.7. The Labute approximate surface area is 144 Å². The van der Waals surface area contributed by atoms with Crippen molar-refractivity contribution in [1.82, 2.24) is 0 Å². The number of nitrogens with zero attached hydrogens (tertiary/aromatic N) is 2. The predicted octanol–water partition coefficient (Wildman–Crippen LogP) is 3.23. The summed E-state index contributed by atoms with van der Waals surface area (Å²) >= 11 is 0.